The number of anilines is 1. The van der Waals surface area contributed by atoms with E-state index < -0.39 is 34.1 Å². The first-order valence-electron chi connectivity index (χ1n) is 10.6. The van der Waals surface area contributed by atoms with Crippen molar-refractivity contribution < 1.29 is 18.0 Å². The zero-order valence-corrected chi connectivity index (χ0v) is 22.9. The molecule has 0 aliphatic rings. The Morgan fingerprint density at radius 2 is 1.64 bits per heavy atom. The van der Waals surface area contributed by atoms with Crippen molar-refractivity contribution in [1.82, 2.24) is 10.2 Å². The third-order valence-electron chi connectivity index (χ3n) is 5.06. The van der Waals surface area contributed by atoms with Gasteiger partial charge in [0.25, 0.3) is 0 Å². The number of halogens is 1. The zero-order chi connectivity index (χ0) is 25.0. The molecule has 0 fully saturated rings. The quantitative estimate of drug-likeness (QED) is 0.479. The van der Waals surface area contributed by atoms with Crippen LogP contribution in [0.15, 0.2) is 48.5 Å². The highest BCUT2D eigenvalue weighted by atomic mass is 127. The van der Waals surface area contributed by atoms with Gasteiger partial charge in [-0.25, -0.2) is 8.42 Å². The van der Waals surface area contributed by atoms with Gasteiger partial charge in [-0.05, 0) is 92.6 Å². The van der Waals surface area contributed by atoms with Gasteiger partial charge in [-0.3, -0.25) is 13.9 Å². The molecule has 180 valence electrons. The van der Waals surface area contributed by atoms with Crippen LogP contribution in [0.4, 0.5) is 5.69 Å². The van der Waals surface area contributed by atoms with Crippen LogP contribution in [0.25, 0.3) is 0 Å². The Hall–Kier alpha value is -2.14. The molecule has 2 amide bonds. The number of nitrogens with zero attached hydrogens (tertiary/aromatic N) is 2. The number of rotatable bonds is 8. The van der Waals surface area contributed by atoms with Gasteiger partial charge in [0, 0.05) is 15.7 Å². The summed E-state index contributed by atoms with van der Waals surface area (Å²) in [4.78, 5) is 27.9. The molecule has 33 heavy (non-hydrogen) atoms. The maximum atomic E-state index is 13.5. The van der Waals surface area contributed by atoms with Crippen LogP contribution in [0.5, 0.6) is 0 Å². The Labute approximate surface area is 210 Å². The summed E-state index contributed by atoms with van der Waals surface area (Å²) in [5.41, 5.74) is 1.80. The summed E-state index contributed by atoms with van der Waals surface area (Å²) in [7, 11) is -3.73. The highest BCUT2D eigenvalue weighted by Gasteiger charge is 2.31. The normalized spacial score (nSPS) is 12.7. The van der Waals surface area contributed by atoms with E-state index in [0.29, 0.717) is 5.69 Å². The van der Waals surface area contributed by atoms with Crippen LogP contribution in [0.1, 0.15) is 38.8 Å². The lowest BCUT2D eigenvalue weighted by atomic mass is 10.1. The van der Waals surface area contributed by atoms with Gasteiger partial charge in [-0.1, -0.05) is 24.3 Å². The first kappa shape index (κ1) is 27.1. The van der Waals surface area contributed by atoms with E-state index in [2.05, 4.69) is 27.9 Å². The Morgan fingerprint density at radius 1 is 1.06 bits per heavy atom. The summed E-state index contributed by atoms with van der Waals surface area (Å²) in [6.07, 6.45) is 1.07. The summed E-state index contributed by atoms with van der Waals surface area (Å²) in [6.45, 7) is 8.99. The molecule has 0 saturated carbocycles. The number of carbonyl (C=O) groups excluding carboxylic acids is 2. The van der Waals surface area contributed by atoms with Gasteiger partial charge in [-0.15, -0.1) is 0 Å². The molecule has 0 heterocycles. The van der Waals surface area contributed by atoms with E-state index >= 15 is 0 Å². The van der Waals surface area contributed by atoms with Crippen molar-refractivity contribution in [2.75, 3.05) is 17.1 Å². The van der Waals surface area contributed by atoms with E-state index in [4.69, 9.17) is 0 Å². The smallest absolute Gasteiger partial charge is 0.244 e. The van der Waals surface area contributed by atoms with Crippen molar-refractivity contribution >= 4 is 50.1 Å². The van der Waals surface area contributed by atoms with Gasteiger partial charge in [0.2, 0.25) is 21.8 Å². The van der Waals surface area contributed by atoms with Gasteiger partial charge in [0.15, 0.2) is 0 Å². The molecule has 1 atom stereocenters. The van der Waals surface area contributed by atoms with E-state index in [1.54, 1.807) is 31.2 Å². The van der Waals surface area contributed by atoms with Crippen molar-refractivity contribution in [3.05, 3.63) is 63.2 Å². The van der Waals surface area contributed by atoms with Crippen LogP contribution >= 0.6 is 22.6 Å². The molecule has 2 rings (SSSR count). The highest BCUT2D eigenvalue weighted by molar-refractivity contribution is 14.1. The Kier molecular flexibility index (Phi) is 8.92. The fourth-order valence-electron chi connectivity index (χ4n) is 3.25. The second kappa shape index (κ2) is 10.9. The van der Waals surface area contributed by atoms with Crippen LogP contribution in [-0.2, 0) is 26.2 Å². The Balaban J connectivity index is 2.41. The summed E-state index contributed by atoms with van der Waals surface area (Å²) in [5, 5.41) is 2.91. The number of nitrogens with one attached hydrogen (secondary N) is 1. The summed E-state index contributed by atoms with van der Waals surface area (Å²) < 4.78 is 27.1. The van der Waals surface area contributed by atoms with Crippen LogP contribution in [-0.4, -0.2) is 49.5 Å². The number of hydrogen-bond acceptors (Lipinski definition) is 4. The van der Waals surface area contributed by atoms with Crippen LogP contribution < -0.4 is 9.62 Å². The topological polar surface area (TPSA) is 86.8 Å². The van der Waals surface area contributed by atoms with Crippen LogP contribution in [0, 0.1) is 10.5 Å². The average Bonchev–Trinajstić information content (AvgIpc) is 2.69. The van der Waals surface area contributed by atoms with Gasteiger partial charge in [-0.2, -0.15) is 0 Å². The molecule has 0 aliphatic carbocycles. The lowest BCUT2D eigenvalue weighted by Gasteiger charge is -2.33. The predicted molar refractivity (Wildman–Crippen MR) is 140 cm³/mol. The SMILES string of the molecule is Cc1ccccc1CN(C(=O)CN(c1ccc(I)cc1)S(C)(=O)=O)[C@@H](C)C(=O)NC(C)(C)C. The van der Waals surface area contributed by atoms with Crippen molar-refractivity contribution in [3.63, 3.8) is 0 Å². The maximum Gasteiger partial charge on any atom is 0.244 e. The molecule has 0 aromatic heterocycles. The van der Waals surface area contributed by atoms with Crippen molar-refractivity contribution in [1.29, 1.82) is 0 Å². The number of hydrogen-bond donors (Lipinski definition) is 1. The third-order valence-corrected chi connectivity index (χ3v) is 6.92. The second-order valence-corrected chi connectivity index (χ2v) is 12.3. The molecule has 1 N–H and O–H groups in total. The van der Waals surface area contributed by atoms with Crippen LogP contribution in [0.2, 0.25) is 0 Å². The molecule has 2 aromatic carbocycles. The molecule has 7 nitrogen and oxygen atoms in total. The molecule has 0 aliphatic heterocycles. The van der Waals surface area contributed by atoms with E-state index in [9.17, 15) is 18.0 Å². The lowest BCUT2D eigenvalue weighted by Crippen LogP contribution is -2.54. The minimum absolute atomic E-state index is 0.189. The first-order valence-corrected chi connectivity index (χ1v) is 13.5. The van der Waals surface area contributed by atoms with E-state index in [-0.39, 0.29) is 12.5 Å². The fourth-order valence-corrected chi connectivity index (χ4v) is 4.46. The number of benzene rings is 2. The fraction of sp³-hybridized carbons (Fsp3) is 0.417. The standard InChI is InChI=1S/C24H32IN3O4S/c1-17-9-7-8-10-19(17)15-27(18(2)23(30)26-24(3,4)5)22(29)16-28(33(6,31)32)21-13-11-20(25)12-14-21/h7-14,18H,15-16H2,1-6H3,(H,26,30)/t18-/m0/s1. The molecule has 0 saturated heterocycles. The number of aryl methyl sites for hydroxylation is 1. The minimum atomic E-state index is -3.73. The molecule has 9 heteroatoms. The van der Waals surface area contributed by atoms with Crippen molar-refractivity contribution in [3.8, 4) is 0 Å². The monoisotopic (exact) mass is 585 g/mol. The minimum Gasteiger partial charge on any atom is -0.350 e. The number of amides is 2. The van der Waals surface area contributed by atoms with Gasteiger partial charge < -0.3 is 10.2 Å². The molecule has 0 unspecified atom stereocenters. The Morgan fingerprint density at radius 3 is 2.15 bits per heavy atom. The van der Waals surface area contributed by atoms with Crippen molar-refractivity contribution in [2.45, 2.75) is 52.7 Å². The molecular formula is C24H32IN3O4S. The molecule has 2 aromatic rings. The van der Waals surface area contributed by atoms with E-state index in [1.165, 1.54) is 4.90 Å². The molecule has 0 radical (unpaired) electrons. The molecule has 0 bridgehead atoms. The number of carbonyl (C=O) groups is 2. The maximum absolute atomic E-state index is 13.5. The second-order valence-electron chi connectivity index (χ2n) is 9.11. The zero-order valence-electron chi connectivity index (χ0n) is 19.9. The average molecular weight is 586 g/mol. The van der Waals surface area contributed by atoms with E-state index in [1.807, 2.05) is 52.0 Å². The van der Waals surface area contributed by atoms with Crippen molar-refractivity contribution in [2.24, 2.45) is 0 Å². The molecular weight excluding hydrogens is 553 g/mol. The van der Waals surface area contributed by atoms with Gasteiger partial charge in [0.05, 0.1) is 11.9 Å². The summed E-state index contributed by atoms with van der Waals surface area (Å²) in [5.74, 6) is -0.761. The van der Waals surface area contributed by atoms with E-state index in [0.717, 1.165) is 25.3 Å². The largest absolute Gasteiger partial charge is 0.350 e. The Bertz CT molecular complexity index is 1100. The lowest BCUT2D eigenvalue weighted by molar-refractivity contribution is -0.140. The highest BCUT2D eigenvalue weighted by Crippen LogP contribution is 2.21. The van der Waals surface area contributed by atoms with Crippen LogP contribution in [0.3, 0.4) is 0 Å². The van der Waals surface area contributed by atoms with Gasteiger partial charge >= 0.3 is 0 Å². The summed E-state index contributed by atoms with van der Waals surface area (Å²) >= 11 is 2.13. The third kappa shape index (κ3) is 7.99. The van der Waals surface area contributed by atoms with Gasteiger partial charge in [0.1, 0.15) is 12.6 Å². The summed E-state index contributed by atoms with van der Waals surface area (Å²) in [6, 6.07) is 13.7. The molecule has 0 spiro atoms. The first-order chi connectivity index (χ1) is 15.2. The predicted octanol–water partition coefficient (Wildman–Crippen LogP) is 3.70. The number of sulfonamides is 1.